The van der Waals surface area contributed by atoms with Crippen LogP contribution in [0.5, 0.6) is 0 Å². The second-order valence-corrected chi connectivity index (χ2v) is 8.89. The average molecular weight is 425 g/mol. The first kappa shape index (κ1) is 19.8. The number of hydrogen-bond acceptors (Lipinski definition) is 8. The van der Waals surface area contributed by atoms with E-state index >= 15 is 0 Å². The topological polar surface area (TPSA) is 140 Å². The molecule has 1 aliphatic heterocycles. The second kappa shape index (κ2) is 7.38. The first-order valence-electron chi connectivity index (χ1n) is 9.03. The number of sulfone groups is 1. The van der Waals surface area contributed by atoms with Crippen molar-refractivity contribution in [2.24, 2.45) is 15.7 Å². The van der Waals surface area contributed by atoms with Gasteiger partial charge in [0.1, 0.15) is 11.5 Å². The van der Waals surface area contributed by atoms with Gasteiger partial charge in [0.15, 0.2) is 15.7 Å². The maximum Gasteiger partial charge on any atom is 0.337 e. The largest absolute Gasteiger partial charge is 0.465 e. The molecule has 2 aromatic carbocycles. The van der Waals surface area contributed by atoms with Crippen LogP contribution in [0.15, 0.2) is 57.3 Å². The quantitative estimate of drug-likeness (QED) is 0.609. The monoisotopic (exact) mass is 425 g/mol. The van der Waals surface area contributed by atoms with E-state index in [1.165, 1.54) is 7.11 Å². The summed E-state index contributed by atoms with van der Waals surface area (Å²) in [6.07, 6.45) is 1.16. The molecule has 1 aliphatic rings. The van der Waals surface area contributed by atoms with Crippen molar-refractivity contribution in [3.8, 4) is 0 Å². The molecule has 30 heavy (non-hydrogen) atoms. The lowest BCUT2D eigenvalue weighted by atomic mass is 10.1. The molecule has 0 saturated carbocycles. The van der Waals surface area contributed by atoms with Crippen LogP contribution in [-0.2, 0) is 14.6 Å². The SMILES string of the molecule is COC(=O)c1ccc2nc(C3=NC(c4ccc(S(C)(=O)=O)cc4)CN=C3N)[nH]c2c1. The molecule has 0 aliphatic carbocycles. The molecule has 0 radical (unpaired) electrons. The molecule has 9 nitrogen and oxygen atoms in total. The summed E-state index contributed by atoms with van der Waals surface area (Å²) in [5.74, 6) is 0.249. The number of aliphatic imine (C=N–C) groups is 2. The molecule has 0 spiro atoms. The van der Waals surface area contributed by atoms with Gasteiger partial charge in [-0.2, -0.15) is 0 Å². The highest BCUT2D eigenvalue weighted by molar-refractivity contribution is 7.90. The molecule has 0 saturated heterocycles. The summed E-state index contributed by atoms with van der Waals surface area (Å²) in [4.78, 5) is 28.7. The van der Waals surface area contributed by atoms with E-state index < -0.39 is 15.8 Å². The predicted molar refractivity (Wildman–Crippen MR) is 113 cm³/mol. The van der Waals surface area contributed by atoms with Gasteiger partial charge in [0.2, 0.25) is 0 Å². The third kappa shape index (κ3) is 3.69. The van der Waals surface area contributed by atoms with E-state index in [1.807, 2.05) is 0 Å². The summed E-state index contributed by atoms with van der Waals surface area (Å²) >= 11 is 0. The van der Waals surface area contributed by atoms with E-state index in [1.54, 1.807) is 42.5 Å². The van der Waals surface area contributed by atoms with Crippen molar-refractivity contribution in [3.05, 3.63) is 59.4 Å². The Morgan fingerprint density at radius 1 is 1.20 bits per heavy atom. The van der Waals surface area contributed by atoms with Gasteiger partial charge in [0, 0.05) is 6.26 Å². The van der Waals surface area contributed by atoms with Gasteiger partial charge in [0.05, 0.1) is 41.2 Å². The van der Waals surface area contributed by atoms with E-state index in [-0.39, 0.29) is 16.8 Å². The summed E-state index contributed by atoms with van der Waals surface area (Å²) in [6, 6.07) is 11.2. The van der Waals surface area contributed by atoms with E-state index in [0.29, 0.717) is 34.7 Å². The van der Waals surface area contributed by atoms with Gasteiger partial charge in [-0.25, -0.2) is 18.2 Å². The molecule has 0 amide bonds. The summed E-state index contributed by atoms with van der Waals surface area (Å²) < 4.78 is 28.1. The van der Waals surface area contributed by atoms with Crippen molar-refractivity contribution in [1.29, 1.82) is 0 Å². The van der Waals surface area contributed by atoms with E-state index in [4.69, 9.17) is 15.5 Å². The molecule has 3 aromatic rings. The molecule has 0 bridgehead atoms. The number of benzene rings is 2. The van der Waals surface area contributed by atoms with Gasteiger partial charge in [0.25, 0.3) is 0 Å². The lowest BCUT2D eigenvalue weighted by Gasteiger charge is -2.18. The van der Waals surface area contributed by atoms with Gasteiger partial charge < -0.3 is 15.5 Å². The molecular weight excluding hydrogens is 406 g/mol. The predicted octanol–water partition coefficient (Wildman–Crippen LogP) is 1.65. The van der Waals surface area contributed by atoms with E-state index in [2.05, 4.69) is 15.0 Å². The van der Waals surface area contributed by atoms with Crippen molar-refractivity contribution >= 4 is 38.4 Å². The number of carbonyl (C=O) groups excluding carboxylic acids is 1. The maximum absolute atomic E-state index is 11.7. The molecule has 3 N–H and O–H groups in total. The summed E-state index contributed by atoms with van der Waals surface area (Å²) in [6.45, 7) is 0.347. The normalized spacial score (nSPS) is 16.8. The van der Waals surface area contributed by atoms with Gasteiger partial charge in [-0.15, -0.1) is 0 Å². The number of nitrogens with two attached hydrogens (primary N) is 1. The number of imidazole rings is 1. The number of esters is 1. The summed E-state index contributed by atoms with van der Waals surface area (Å²) in [7, 11) is -1.95. The minimum absolute atomic E-state index is 0.243. The number of methoxy groups -OCH3 is 1. The Morgan fingerprint density at radius 3 is 2.60 bits per heavy atom. The zero-order chi connectivity index (χ0) is 21.5. The van der Waals surface area contributed by atoms with Crippen molar-refractivity contribution < 1.29 is 17.9 Å². The Hall–Kier alpha value is -3.53. The van der Waals surface area contributed by atoms with Crippen LogP contribution in [-0.4, -0.2) is 55.8 Å². The number of fused-ring (bicyclic) bond motifs is 1. The summed E-state index contributed by atoms with van der Waals surface area (Å²) in [5, 5.41) is 0. The van der Waals surface area contributed by atoms with E-state index in [9.17, 15) is 13.2 Å². The lowest BCUT2D eigenvalue weighted by Crippen LogP contribution is -2.31. The molecular formula is C20H19N5O4S. The number of H-pyrrole nitrogens is 1. The fourth-order valence-corrected chi connectivity index (χ4v) is 3.82. The first-order valence-corrected chi connectivity index (χ1v) is 10.9. The van der Waals surface area contributed by atoms with E-state index in [0.717, 1.165) is 11.8 Å². The van der Waals surface area contributed by atoms with Crippen LogP contribution >= 0.6 is 0 Å². The Balaban J connectivity index is 1.69. The second-order valence-electron chi connectivity index (χ2n) is 6.87. The number of hydrogen-bond donors (Lipinski definition) is 2. The van der Waals surface area contributed by atoms with Crippen LogP contribution in [0.2, 0.25) is 0 Å². The lowest BCUT2D eigenvalue weighted by molar-refractivity contribution is 0.0601. The third-order valence-corrected chi connectivity index (χ3v) is 5.91. The molecule has 2 heterocycles. The van der Waals surface area contributed by atoms with Crippen LogP contribution in [0, 0.1) is 0 Å². The number of carbonyl (C=O) groups is 1. The van der Waals surface area contributed by atoms with Crippen molar-refractivity contribution in [2.75, 3.05) is 19.9 Å². The number of aromatic amines is 1. The maximum atomic E-state index is 11.7. The third-order valence-electron chi connectivity index (χ3n) is 4.78. The smallest absolute Gasteiger partial charge is 0.337 e. The molecule has 1 atom stereocenters. The minimum Gasteiger partial charge on any atom is -0.465 e. The first-order chi connectivity index (χ1) is 14.3. The number of amidine groups is 1. The standard InChI is InChI=1S/C20H19N5O4S/c1-29-20(26)12-5-8-14-15(9-12)25-19(24-14)17-18(21)22-10-16(23-17)11-3-6-13(7-4-11)30(2,27)28/h3-9,16H,10H2,1-2H3,(H2,21,22)(H,24,25). The van der Waals surface area contributed by atoms with Crippen LogP contribution in [0.25, 0.3) is 11.0 Å². The van der Waals surface area contributed by atoms with Gasteiger partial charge in [-0.05, 0) is 35.9 Å². The fraction of sp³-hybridized carbons (Fsp3) is 0.200. The Morgan fingerprint density at radius 2 is 1.93 bits per heavy atom. The molecule has 1 aromatic heterocycles. The molecule has 10 heteroatoms. The number of nitrogens with one attached hydrogen (secondary N) is 1. The Kier molecular flexibility index (Phi) is 4.86. The van der Waals surface area contributed by atoms with Gasteiger partial charge >= 0.3 is 5.97 Å². The average Bonchev–Trinajstić information content (AvgIpc) is 3.16. The van der Waals surface area contributed by atoms with Crippen molar-refractivity contribution in [3.63, 3.8) is 0 Å². The molecule has 1 unspecified atom stereocenters. The molecule has 0 fully saturated rings. The highest BCUT2D eigenvalue weighted by atomic mass is 32.2. The highest BCUT2D eigenvalue weighted by Crippen LogP contribution is 2.24. The van der Waals surface area contributed by atoms with Crippen LogP contribution in [0.1, 0.15) is 27.8 Å². The Bertz CT molecular complexity index is 1310. The highest BCUT2D eigenvalue weighted by Gasteiger charge is 2.23. The van der Waals surface area contributed by atoms with Gasteiger partial charge in [-0.1, -0.05) is 12.1 Å². The Labute approximate surface area is 172 Å². The number of aromatic nitrogens is 2. The van der Waals surface area contributed by atoms with Crippen LogP contribution in [0.3, 0.4) is 0 Å². The fourth-order valence-electron chi connectivity index (χ4n) is 3.19. The number of nitrogens with zero attached hydrogens (tertiary/aromatic N) is 3. The number of rotatable bonds is 4. The van der Waals surface area contributed by atoms with Crippen molar-refractivity contribution in [2.45, 2.75) is 10.9 Å². The zero-order valence-corrected chi connectivity index (χ0v) is 17.1. The van der Waals surface area contributed by atoms with Crippen LogP contribution < -0.4 is 5.73 Å². The number of ether oxygens (including phenoxy) is 1. The minimum atomic E-state index is -3.27. The van der Waals surface area contributed by atoms with Gasteiger partial charge in [-0.3, -0.25) is 9.98 Å². The molecule has 154 valence electrons. The van der Waals surface area contributed by atoms with Crippen molar-refractivity contribution in [1.82, 2.24) is 9.97 Å². The zero-order valence-electron chi connectivity index (χ0n) is 16.3. The van der Waals surface area contributed by atoms with Crippen LogP contribution in [0.4, 0.5) is 0 Å². The summed E-state index contributed by atoms with van der Waals surface area (Å²) in [5.41, 5.74) is 8.98. The molecule has 4 rings (SSSR count).